The van der Waals surface area contributed by atoms with Gasteiger partial charge < -0.3 is 25.6 Å². The largest absolute Gasteiger partial charge is 0.491 e. The lowest BCUT2D eigenvalue weighted by molar-refractivity contribution is 0.0915. The Bertz CT molecular complexity index is 1120. The summed E-state index contributed by atoms with van der Waals surface area (Å²) in [6, 6.07) is 9.80. The first-order valence-corrected chi connectivity index (χ1v) is 12.4. The summed E-state index contributed by atoms with van der Waals surface area (Å²) in [5.74, 6) is 2.36. The second-order valence-corrected chi connectivity index (χ2v) is 10.9. The number of carbonyl (C=O) groups is 1. The monoisotopic (exact) mass is 445 g/mol. The molecule has 0 radical (unpaired) electrons. The van der Waals surface area contributed by atoms with Gasteiger partial charge in [0.2, 0.25) is 0 Å². The lowest BCUT2D eigenvalue weighted by Gasteiger charge is -2.35. The molecule has 3 fully saturated rings. The Morgan fingerprint density at radius 1 is 1.24 bits per heavy atom. The third-order valence-electron chi connectivity index (χ3n) is 8.44. The fourth-order valence-corrected chi connectivity index (χ4v) is 6.32. The topological polar surface area (TPSA) is 78.5 Å². The fourth-order valence-electron chi connectivity index (χ4n) is 6.32. The van der Waals surface area contributed by atoms with Crippen molar-refractivity contribution in [3.05, 3.63) is 47.2 Å². The molecule has 2 unspecified atom stereocenters. The molecule has 1 aromatic heterocycles. The van der Waals surface area contributed by atoms with Crippen molar-refractivity contribution in [2.75, 3.05) is 36.5 Å². The van der Waals surface area contributed by atoms with Gasteiger partial charge in [-0.1, -0.05) is 13.0 Å². The normalized spacial score (nSPS) is 33.2. The summed E-state index contributed by atoms with van der Waals surface area (Å²) in [4.78, 5) is 20.0. The van der Waals surface area contributed by atoms with Crippen molar-refractivity contribution in [3.8, 4) is 5.75 Å². The van der Waals surface area contributed by atoms with E-state index in [1.807, 2.05) is 6.07 Å². The van der Waals surface area contributed by atoms with E-state index in [2.05, 4.69) is 51.0 Å². The molecule has 172 valence electrons. The quantitative estimate of drug-likeness (QED) is 0.674. The molecule has 5 atom stereocenters. The average Bonchev–Trinajstić information content (AvgIpc) is 3.43. The Hall–Kier alpha value is -2.80. The highest BCUT2D eigenvalue weighted by Gasteiger charge is 2.54. The van der Waals surface area contributed by atoms with Crippen molar-refractivity contribution in [1.29, 1.82) is 0 Å². The smallest absolute Gasteiger partial charge is 0.253 e. The van der Waals surface area contributed by atoms with E-state index in [9.17, 15) is 4.79 Å². The van der Waals surface area contributed by atoms with Crippen LogP contribution in [0.4, 0.5) is 11.5 Å². The molecule has 7 heteroatoms. The number of nitrogens with zero attached hydrogens (tertiary/aromatic N) is 2. The van der Waals surface area contributed by atoms with E-state index < -0.39 is 0 Å². The van der Waals surface area contributed by atoms with Gasteiger partial charge in [-0.15, -0.1) is 0 Å². The number of ether oxygens (including phenoxy) is 1. The molecule has 2 bridgehead atoms. The van der Waals surface area contributed by atoms with Gasteiger partial charge in [-0.3, -0.25) is 4.79 Å². The Kier molecular flexibility index (Phi) is 4.23. The molecule has 0 spiro atoms. The molecule has 33 heavy (non-hydrogen) atoms. The Labute approximate surface area is 194 Å². The van der Waals surface area contributed by atoms with E-state index >= 15 is 0 Å². The highest BCUT2D eigenvalue weighted by molar-refractivity contribution is 5.94. The van der Waals surface area contributed by atoms with Gasteiger partial charge in [-0.05, 0) is 60.3 Å². The highest BCUT2D eigenvalue weighted by atomic mass is 16.5. The Balaban J connectivity index is 1.03. The van der Waals surface area contributed by atoms with E-state index in [1.165, 1.54) is 30.5 Å². The van der Waals surface area contributed by atoms with Crippen LogP contribution >= 0.6 is 0 Å². The van der Waals surface area contributed by atoms with Crippen molar-refractivity contribution in [2.24, 2.45) is 5.41 Å². The minimum atomic E-state index is -0.0665. The number of fused-ring (bicyclic) bond motifs is 6. The number of hydrogen-bond acceptors (Lipinski definition) is 6. The van der Waals surface area contributed by atoms with Crippen molar-refractivity contribution in [2.45, 2.75) is 56.7 Å². The van der Waals surface area contributed by atoms with Crippen LogP contribution in [0.5, 0.6) is 5.75 Å². The number of nitrogens with one attached hydrogen (secondary N) is 3. The molecule has 3 N–H and O–H groups in total. The lowest BCUT2D eigenvalue weighted by atomic mass is 9.96. The fraction of sp³-hybridized carbons (Fsp3) is 0.538. The number of pyridine rings is 1. The maximum Gasteiger partial charge on any atom is 0.253 e. The molecule has 1 aliphatic carbocycles. The van der Waals surface area contributed by atoms with Crippen LogP contribution in [0.25, 0.3) is 0 Å². The van der Waals surface area contributed by atoms with Crippen LogP contribution in [-0.4, -0.2) is 55.3 Å². The maximum atomic E-state index is 13.0. The number of benzene rings is 1. The second kappa shape index (κ2) is 7.10. The minimum Gasteiger partial charge on any atom is -0.491 e. The molecule has 1 saturated carbocycles. The predicted octanol–water partition coefficient (Wildman–Crippen LogP) is 2.67. The summed E-state index contributed by atoms with van der Waals surface area (Å²) in [6.07, 6.45) is 6.20. The number of carbonyl (C=O) groups excluding carboxylic acids is 1. The first kappa shape index (κ1) is 19.6. The van der Waals surface area contributed by atoms with Crippen LogP contribution in [0, 0.1) is 5.41 Å². The van der Waals surface area contributed by atoms with Crippen LogP contribution in [0.1, 0.15) is 53.6 Å². The summed E-state index contributed by atoms with van der Waals surface area (Å²) in [5.41, 5.74) is 4.57. The van der Waals surface area contributed by atoms with Crippen LogP contribution in [-0.2, 0) is 6.42 Å². The summed E-state index contributed by atoms with van der Waals surface area (Å²) >= 11 is 0. The summed E-state index contributed by atoms with van der Waals surface area (Å²) in [6.45, 7) is 5.90. The number of piperazine rings is 1. The molecule has 5 aliphatic rings. The Morgan fingerprint density at radius 3 is 2.94 bits per heavy atom. The molecule has 7 rings (SSSR count). The molecule has 2 saturated heterocycles. The third-order valence-corrected chi connectivity index (χ3v) is 8.44. The second-order valence-electron chi connectivity index (χ2n) is 10.9. The molecular weight excluding hydrogens is 414 g/mol. The number of hydrogen-bond donors (Lipinski definition) is 3. The van der Waals surface area contributed by atoms with Crippen molar-refractivity contribution in [3.63, 3.8) is 0 Å². The summed E-state index contributed by atoms with van der Waals surface area (Å²) in [7, 11) is 0. The zero-order valence-corrected chi connectivity index (χ0v) is 19.1. The van der Waals surface area contributed by atoms with Gasteiger partial charge in [0.15, 0.2) is 0 Å². The summed E-state index contributed by atoms with van der Waals surface area (Å²) in [5, 5.41) is 10.3. The van der Waals surface area contributed by atoms with E-state index in [0.717, 1.165) is 43.2 Å². The molecule has 1 aromatic carbocycles. The first-order valence-electron chi connectivity index (χ1n) is 12.4. The van der Waals surface area contributed by atoms with Crippen molar-refractivity contribution < 1.29 is 9.53 Å². The molecule has 4 aliphatic heterocycles. The number of amides is 1. The van der Waals surface area contributed by atoms with Crippen LogP contribution in [0.3, 0.4) is 0 Å². The van der Waals surface area contributed by atoms with Gasteiger partial charge in [-0.25, -0.2) is 4.98 Å². The average molecular weight is 446 g/mol. The van der Waals surface area contributed by atoms with Gasteiger partial charge >= 0.3 is 0 Å². The van der Waals surface area contributed by atoms with E-state index in [4.69, 9.17) is 4.74 Å². The number of rotatable bonds is 3. The van der Waals surface area contributed by atoms with Crippen LogP contribution < -0.4 is 25.6 Å². The molecule has 7 nitrogen and oxygen atoms in total. The standard InChI is InChI=1S/C26H31N5O2/c1-26-9-22(26)21-7-16(10-27-24(21)28-14-26)25(32)30-19-6-15-2-5-20(8-23(15)33-13-19)31-11-17-3-4-18(12-31)29-17/h2,5,7-8,10,17-19,22,29H,3-4,6,9,11-14H2,1H3,(H,27,28)(H,30,32)/t17?,18?,19-,22-,26+/m1/s1. The van der Waals surface area contributed by atoms with E-state index in [-0.39, 0.29) is 11.9 Å². The first-order chi connectivity index (χ1) is 16.0. The highest BCUT2D eigenvalue weighted by Crippen LogP contribution is 2.62. The van der Waals surface area contributed by atoms with Gasteiger partial charge in [0, 0.05) is 49.7 Å². The van der Waals surface area contributed by atoms with Gasteiger partial charge in [0.25, 0.3) is 5.91 Å². The summed E-state index contributed by atoms with van der Waals surface area (Å²) < 4.78 is 6.12. The number of anilines is 2. The predicted molar refractivity (Wildman–Crippen MR) is 127 cm³/mol. The maximum absolute atomic E-state index is 13.0. The van der Waals surface area contributed by atoms with E-state index in [1.54, 1.807) is 6.20 Å². The van der Waals surface area contributed by atoms with Gasteiger partial charge in [-0.2, -0.15) is 0 Å². The van der Waals surface area contributed by atoms with Crippen molar-refractivity contribution >= 4 is 17.4 Å². The molecule has 2 aromatic rings. The molecular formula is C26H31N5O2. The van der Waals surface area contributed by atoms with Gasteiger partial charge in [0.1, 0.15) is 18.2 Å². The van der Waals surface area contributed by atoms with Crippen LogP contribution in [0.2, 0.25) is 0 Å². The zero-order valence-electron chi connectivity index (χ0n) is 19.1. The number of aromatic nitrogens is 1. The van der Waals surface area contributed by atoms with Crippen LogP contribution in [0.15, 0.2) is 30.5 Å². The zero-order chi connectivity index (χ0) is 22.2. The Morgan fingerprint density at radius 2 is 2.09 bits per heavy atom. The molecule has 5 heterocycles. The third kappa shape index (κ3) is 3.36. The minimum absolute atomic E-state index is 0.0359. The van der Waals surface area contributed by atoms with E-state index in [0.29, 0.717) is 35.6 Å². The lowest BCUT2D eigenvalue weighted by Crippen LogP contribution is -2.51. The SMILES string of the molecule is C[C@]12CNc3ncc(C(=O)N[C@H]4COc5cc(N6CC7CCC(C6)N7)ccc5C4)cc3[C@H]1C2. The van der Waals surface area contributed by atoms with Crippen molar-refractivity contribution in [1.82, 2.24) is 15.6 Å². The van der Waals surface area contributed by atoms with Gasteiger partial charge in [0.05, 0.1) is 11.6 Å². The molecule has 1 amide bonds.